The first-order valence-corrected chi connectivity index (χ1v) is 8.03. The van der Waals surface area contributed by atoms with Gasteiger partial charge in [0.2, 0.25) is 0 Å². The van der Waals surface area contributed by atoms with Crippen molar-refractivity contribution < 1.29 is 19.1 Å². The Morgan fingerprint density at radius 1 is 1.32 bits per heavy atom. The van der Waals surface area contributed by atoms with Crippen LogP contribution < -0.4 is 15.4 Å². The van der Waals surface area contributed by atoms with Crippen molar-refractivity contribution in [1.29, 1.82) is 0 Å². The number of anilines is 1. The lowest BCUT2D eigenvalue weighted by molar-refractivity contribution is -0.118. The summed E-state index contributed by atoms with van der Waals surface area (Å²) in [6.07, 6.45) is 0. The maximum atomic E-state index is 12.6. The second kappa shape index (κ2) is 7.36. The Bertz CT molecular complexity index is 804. The molecule has 130 valence electrons. The molecule has 3 rings (SSSR count). The van der Waals surface area contributed by atoms with E-state index in [1.807, 2.05) is 37.3 Å². The third-order valence-electron chi connectivity index (χ3n) is 4.05. The quantitative estimate of drug-likeness (QED) is 0.877. The summed E-state index contributed by atoms with van der Waals surface area (Å²) in [5.41, 5.74) is 2.92. The first-order chi connectivity index (χ1) is 12.1. The molecule has 0 aromatic heterocycles. The highest BCUT2D eigenvalue weighted by atomic mass is 16.5. The standard InChI is InChI=1S/C19H20N2O4/c1-12(13-7-8-17-16(9-13)21-18(22)11-25-17)20-19(23)15-6-4-3-5-14(15)10-24-2/h3-9,12H,10-11H2,1-2H3,(H,20,23)(H,21,22). The number of amides is 2. The van der Waals surface area contributed by atoms with E-state index in [-0.39, 0.29) is 24.5 Å². The number of carbonyl (C=O) groups excluding carboxylic acids is 2. The second-order valence-electron chi connectivity index (χ2n) is 5.88. The van der Waals surface area contributed by atoms with Gasteiger partial charge in [-0.1, -0.05) is 24.3 Å². The van der Waals surface area contributed by atoms with Crippen LogP contribution in [0, 0.1) is 0 Å². The Morgan fingerprint density at radius 3 is 2.92 bits per heavy atom. The zero-order valence-electron chi connectivity index (χ0n) is 14.2. The minimum atomic E-state index is -0.229. The van der Waals surface area contributed by atoms with Gasteiger partial charge in [0, 0.05) is 12.7 Å². The van der Waals surface area contributed by atoms with E-state index in [2.05, 4.69) is 10.6 Å². The van der Waals surface area contributed by atoms with Gasteiger partial charge < -0.3 is 20.1 Å². The molecule has 2 N–H and O–H groups in total. The lowest BCUT2D eigenvalue weighted by Gasteiger charge is -2.21. The second-order valence-corrected chi connectivity index (χ2v) is 5.88. The summed E-state index contributed by atoms with van der Waals surface area (Å²) in [5, 5.41) is 5.75. The fourth-order valence-electron chi connectivity index (χ4n) is 2.75. The van der Waals surface area contributed by atoms with Gasteiger partial charge in [-0.3, -0.25) is 9.59 Å². The lowest BCUT2D eigenvalue weighted by Crippen LogP contribution is -2.28. The van der Waals surface area contributed by atoms with E-state index in [0.717, 1.165) is 11.1 Å². The molecule has 2 aromatic carbocycles. The Kier molecular flexibility index (Phi) is 5.00. The van der Waals surface area contributed by atoms with Crippen LogP contribution in [0.5, 0.6) is 5.75 Å². The van der Waals surface area contributed by atoms with Gasteiger partial charge >= 0.3 is 0 Å². The fourth-order valence-corrected chi connectivity index (χ4v) is 2.75. The van der Waals surface area contributed by atoms with Crippen LogP contribution in [0.3, 0.4) is 0 Å². The molecule has 1 aliphatic heterocycles. The van der Waals surface area contributed by atoms with Crippen LogP contribution in [0.4, 0.5) is 5.69 Å². The molecule has 1 unspecified atom stereocenters. The molecule has 0 saturated carbocycles. The van der Waals surface area contributed by atoms with Crippen LogP contribution >= 0.6 is 0 Å². The maximum absolute atomic E-state index is 12.6. The highest BCUT2D eigenvalue weighted by molar-refractivity contribution is 5.96. The smallest absolute Gasteiger partial charge is 0.262 e. The Labute approximate surface area is 146 Å². The van der Waals surface area contributed by atoms with Crippen molar-refractivity contribution in [3.05, 3.63) is 59.2 Å². The summed E-state index contributed by atoms with van der Waals surface area (Å²) in [7, 11) is 1.60. The van der Waals surface area contributed by atoms with E-state index in [1.54, 1.807) is 19.2 Å². The lowest BCUT2D eigenvalue weighted by atomic mass is 10.0. The maximum Gasteiger partial charge on any atom is 0.262 e. The molecule has 0 radical (unpaired) electrons. The number of ether oxygens (including phenoxy) is 2. The minimum Gasteiger partial charge on any atom is -0.482 e. The Balaban J connectivity index is 1.76. The number of rotatable bonds is 5. The van der Waals surface area contributed by atoms with Gasteiger partial charge in [-0.05, 0) is 36.2 Å². The summed E-state index contributed by atoms with van der Waals surface area (Å²) in [6, 6.07) is 12.6. The van der Waals surface area contributed by atoms with Crippen molar-refractivity contribution in [2.75, 3.05) is 19.0 Å². The summed E-state index contributed by atoms with van der Waals surface area (Å²) >= 11 is 0. The third kappa shape index (κ3) is 3.80. The van der Waals surface area contributed by atoms with E-state index in [1.165, 1.54) is 0 Å². The predicted octanol–water partition coefficient (Wildman–Crippen LogP) is 2.65. The van der Waals surface area contributed by atoms with E-state index in [9.17, 15) is 9.59 Å². The predicted molar refractivity (Wildman–Crippen MR) is 93.6 cm³/mol. The number of benzene rings is 2. The first kappa shape index (κ1) is 17.0. The van der Waals surface area contributed by atoms with Crippen molar-refractivity contribution in [3.63, 3.8) is 0 Å². The zero-order valence-corrected chi connectivity index (χ0v) is 14.2. The molecule has 0 spiro atoms. The number of nitrogens with one attached hydrogen (secondary N) is 2. The first-order valence-electron chi connectivity index (χ1n) is 8.03. The van der Waals surface area contributed by atoms with Crippen LogP contribution in [-0.4, -0.2) is 25.5 Å². The molecule has 0 fully saturated rings. The highest BCUT2D eigenvalue weighted by Crippen LogP contribution is 2.30. The normalized spacial score (nSPS) is 14.1. The van der Waals surface area contributed by atoms with E-state index < -0.39 is 0 Å². The molecule has 1 heterocycles. The molecule has 2 aromatic rings. The van der Waals surface area contributed by atoms with Crippen molar-refractivity contribution in [2.24, 2.45) is 0 Å². The van der Waals surface area contributed by atoms with E-state index >= 15 is 0 Å². The van der Waals surface area contributed by atoms with Gasteiger partial charge in [0.15, 0.2) is 6.61 Å². The van der Waals surface area contributed by atoms with Gasteiger partial charge in [0.05, 0.1) is 18.3 Å². The minimum absolute atomic E-state index is 0.0227. The summed E-state index contributed by atoms with van der Waals surface area (Å²) in [4.78, 5) is 24.1. The van der Waals surface area contributed by atoms with Gasteiger partial charge in [0.1, 0.15) is 5.75 Å². The van der Waals surface area contributed by atoms with E-state index in [0.29, 0.717) is 23.6 Å². The largest absolute Gasteiger partial charge is 0.482 e. The van der Waals surface area contributed by atoms with Crippen molar-refractivity contribution in [3.8, 4) is 5.75 Å². The van der Waals surface area contributed by atoms with Crippen LogP contribution in [0.25, 0.3) is 0 Å². The molecule has 0 bridgehead atoms. The molecule has 25 heavy (non-hydrogen) atoms. The molecule has 0 aliphatic carbocycles. The van der Waals surface area contributed by atoms with Gasteiger partial charge in [-0.25, -0.2) is 0 Å². The summed E-state index contributed by atoms with van der Waals surface area (Å²) in [6.45, 7) is 2.29. The van der Waals surface area contributed by atoms with Gasteiger partial charge in [0.25, 0.3) is 11.8 Å². The molecule has 6 nitrogen and oxygen atoms in total. The molecule has 1 atom stereocenters. The summed E-state index contributed by atoms with van der Waals surface area (Å²) in [5.74, 6) is 0.278. The number of hydrogen-bond acceptors (Lipinski definition) is 4. The number of fused-ring (bicyclic) bond motifs is 1. The monoisotopic (exact) mass is 340 g/mol. The molecule has 2 amide bonds. The molecule has 0 saturated heterocycles. The van der Waals surface area contributed by atoms with Crippen LogP contribution in [0.2, 0.25) is 0 Å². The van der Waals surface area contributed by atoms with Gasteiger partial charge in [-0.2, -0.15) is 0 Å². The molecular formula is C19H20N2O4. The summed E-state index contributed by atoms with van der Waals surface area (Å²) < 4.78 is 10.5. The van der Waals surface area contributed by atoms with Gasteiger partial charge in [-0.15, -0.1) is 0 Å². The fraction of sp³-hybridized carbons (Fsp3) is 0.263. The Morgan fingerprint density at radius 2 is 2.12 bits per heavy atom. The third-order valence-corrected chi connectivity index (χ3v) is 4.05. The van der Waals surface area contributed by atoms with Crippen molar-refractivity contribution in [2.45, 2.75) is 19.6 Å². The average Bonchev–Trinajstić information content (AvgIpc) is 2.61. The molecule has 1 aliphatic rings. The van der Waals surface area contributed by atoms with Crippen LogP contribution in [0.15, 0.2) is 42.5 Å². The zero-order chi connectivity index (χ0) is 17.8. The SMILES string of the molecule is COCc1ccccc1C(=O)NC(C)c1ccc2c(c1)NC(=O)CO2. The van der Waals surface area contributed by atoms with Crippen molar-refractivity contribution >= 4 is 17.5 Å². The number of carbonyl (C=O) groups is 2. The van der Waals surface area contributed by atoms with Crippen molar-refractivity contribution in [1.82, 2.24) is 5.32 Å². The van der Waals surface area contributed by atoms with Crippen LogP contribution in [-0.2, 0) is 16.1 Å². The molecular weight excluding hydrogens is 320 g/mol. The number of methoxy groups -OCH3 is 1. The number of hydrogen-bond donors (Lipinski definition) is 2. The topological polar surface area (TPSA) is 76.7 Å². The van der Waals surface area contributed by atoms with Crippen LogP contribution in [0.1, 0.15) is 34.5 Å². The average molecular weight is 340 g/mol. The van der Waals surface area contributed by atoms with E-state index in [4.69, 9.17) is 9.47 Å². The highest BCUT2D eigenvalue weighted by Gasteiger charge is 2.19. The Hall–Kier alpha value is -2.86. The molecule has 6 heteroatoms.